The molecule has 1 saturated heterocycles. The number of nitrogens with zero attached hydrogens (tertiary/aromatic N) is 3. The van der Waals surface area contributed by atoms with Gasteiger partial charge in [0.05, 0.1) is 5.69 Å². The summed E-state index contributed by atoms with van der Waals surface area (Å²) in [5, 5.41) is 0.531. The fourth-order valence-electron chi connectivity index (χ4n) is 3.02. The number of amides is 1. The number of anilines is 2. The van der Waals surface area contributed by atoms with E-state index in [9.17, 15) is 4.79 Å². The maximum Gasteiger partial charge on any atom is 0.227 e. The van der Waals surface area contributed by atoms with E-state index in [1.807, 2.05) is 36.1 Å². The van der Waals surface area contributed by atoms with Crippen LogP contribution in [0.25, 0.3) is 21.6 Å². The molecule has 23 heavy (non-hydrogen) atoms. The number of hydrogen-bond donors (Lipinski definition) is 1. The van der Waals surface area contributed by atoms with Crippen molar-refractivity contribution in [2.45, 2.75) is 19.8 Å². The van der Waals surface area contributed by atoms with Crippen LogP contribution in [0.4, 0.5) is 10.8 Å². The molecule has 1 aromatic carbocycles. The molecule has 0 atom stereocenters. The Morgan fingerprint density at radius 1 is 1.22 bits per heavy atom. The summed E-state index contributed by atoms with van der Waals surface area (Å²) < 4.78 is 0. The van der Waals surface area contributed by atoms with Crippen molar-refractivity contribution in [3.63, 3.8) is 0 Å². The summed E-state index contributed by atoms with van der Waals surface area (Å²) in [5.41, 5.74) is 10.6. The number of pyridine rings is 1. The zero-order valence-electron chi connectivity index (χ0n) is 12.7. The Morgan fingerprint density at radius 2 is 2.09 bits per heavy atom. The summed E-state index contributed by atoms with van der Waals surface area (Å²) in [7, 11) is 0. The number of nitrogens with two attached hydrogens (primary N) is 1. The lowest BCUT2D eigenvalue weighted by atomic mass is 10.1. The normalized spacial score (nSPS) is 14.8. The highest BCUT2D eigenvalue weighted by Gasteiger charge is 2.23. The molecule has 0 spiro atoms. The van der Waals surface area contributed by atoms with E-state index in [-0.39, 0.29) is 5.91 Å². The van der Waals surface area contributed by atoms with Gasteiger partial charge in [-0.15, -0.1) is 0 Å². The number of carbonyl (C=O) groups is 1. The summed E-state index contributed by atoms with van der Waals surface area (Å²) >= 11 is 1.39. The van der Waals surface area contributed by atoms with Gasteiger partial charge in [-0.3, -0.25) is 4.79 Å². The van der Waals surface area contributed by atoms with Gasteiger partial charge in [-0.05, 0) is 43.2 Å². The van der Waals surface area contributed by atoms with Gasteiger partial charge in [-0.2, -0.15) is 0 Å². The van der Waals surface area contributed by atoms with Crippen molar-refractivity contribution in [1.82, 2.24) is 9.97 Å². The summed E-state index contributed by atoms with van der Waals surface area (Å²) in [6.07, 6.45) is 1.58. The molecule has 5 nitrogen and oxygen atoms in total. The first-order valence-corrected chi connectivity index (χ1v) is 8.38. The molecule has 1 aliphatic heterocycles. The largest absolute Gasteiger partial charge is 0.375 e. The molecule has 3 heterocycles. The third-order valence-electron chi connectivity index (χ3n) is 4.13. The van der Waals surface area contributed by atoms with E-state index >= 15 is 0 Å². The second-order valence-corrected chi connectivity index (χ2v) is 6.73. The quantitative estimate of drug-likeness (QED) is 0.784. The average Bonchev–Trinajstić information content (AvgIpc) is 3.11. The van der Waals surface area contributed by atoms with Crippen LogP contribution in [-0.2, 0) is 4.79 Å². The minimum absolute atomic E-state index is 0.209. The molecule has 1 amide bonds. The third kappa shape index (κ3) is 2.45. The fraction of sp³-hybridized carbons (Fsp3) is 0.235. The standard InChI is InChI=1S/C17H16N4OS/c1-10-9-11(4-7-14(10)21-8-2-3-15(21)22)12-5-6-13-16(19-12)23-17(18)20-13/h4-7,9H,2-3,8H2,1H3,(H2,18,20). The molecule has 0 saturated carbocycles. The molecule has 116 valence electrons. The number of hydrogen-bond acceptors (Lipinski definition) is 5. The van der Waals surface area contributed by atoms with Gasteiger partial charge in [0.15, 0.2) is 5.13 Å². The Kier molecular flexibility index (Phi) is 3.27. The molecule has 3 aromatic rings. The van der Waals surface area contributed by atoms with E-state index in [1.54, 1.807) is 0 Å². The topological polar surface area (TPSA) is 72.1 Å². The van der Waals surface area contributed by atoms with E-state index in [0.29, 0.717) is 11.6 Å². The van der Waals surface area contributed by atoms with Gasteiger partial charge in [0.1, 0.15) is 10.3 Å². The zero-order valence-corrected chi connectivity index (χ0v) is 13.6. The van der Waals surface area contributed by atoms with Crippen molar-refractivity contribution < 1.29 is 4.79 Å². The summed E-state index contributed by atoms with van der Waals surface area (Å²) in [6, 6.07) is 10.0. The highest BCUT2D eigenvalue weighted by Crippen LogP contribution is 2.30. The minimum Gasteiger partial charge on any atom is -0.375 e. The van der Waals surface area contributed by atoms with Crippen molar-refractivity contribution in [2.24, 2.45) is 0 Å². The van der Waals surface area contributed by atoms with E-state index in [0.717, 1.165) is 45.8 Å². The summed E-state index contributed by atoms with van der Waals surface area (Å²) in [6.45, 7) is 2.84. The molecule has 2 N–H and O–H groups in total. The first-order chi connectivity index (χ1) is 11.1. The van der Waals surface area contributed by atoms with Crippen molar-refractivity contribution in [1.29, 1.82) is 0 Å². The van der Waals surface area contributed by atoms with Crippen LogP contribution in [0.2, 0.25) is 0 Å². The Bertz CT molecular complexity index is 918. The number of benzene rings is 1. The van der Waals surface area contributed by atoms with Gasteiger partial charge >= 0.3 is 0 Å². The smallest absolute Gasteiger partial charge is 0.227 e. The number of carbonyl (C=O) groups excluding carboxylic acids is 1. The highest BCUT2D eigenvalue weighted by atomic mass is 32.1. The van der Waals surface area contributed by atoms with Crippen LogP contribution in [-0.4, -0.2) is 22.4 Å². The van der Waals surface area contributed by atoms with Gasteiger partial charge < -0.3 is 10.6 Å². The predicted octanol–water partition coefficient (Wildman–Crippen LogP) is 3.38. The van der Waals surface area contributed by atoms with Gasteiger partial charge in [-0.25, -0.2) is 9.97 Å². The summed E-state index contributed by atoms with van der Waals surface area (Å²) in [5.74, 6) is 0.209. The van der Waals surface area contributed by atoms with E-state index in [2.05, 4.69) is 16.0 Å². The molecule has 0 unspecified atom stereocenters. The van der Waals surface area contributed by atoms with Crippen LogP contribution in [0, 0.1) is 6.92 Å². The van der Waals surface area contributed by atoms with Gasteiger partial charge in [0, 0.05) is 24.2 Å². The Labute approximate surface area is 137 Å². The van der Waals surface area contributed by atoms with Crippen LogP contribution in [0.3, 0.4) is 0 Å². The molecule has 2 aromatic heterocycles. The van der Waals surface area contributed by atoms with Crippen molar-refractivity contribution in [2.75, 3.05) is 17.2 Å². The third-order valence-corrected chi connectivity index (χ3v) is 4.92. The van der Waals surface area contributed by atoms with Crippen molar-refractivity contribution >= 4 is 38.4 Å². The molecule has 1 aliphatic rings. The van der Waals surface area contributed by atoms with Crippen molar-refractivity contribution in [3.05, 3.63) is 35.9 Å². The zero-order chi connectivity index (χ0) is 16.0. The second kappa shape index (κ2) is 5.31. The maximum absolute atomic E-state index is 11.9. The maximum atomic E-state index is 11.9. The Morgan fingerprint density at radius 3 is 2.83 bits per heavy atom. The average molecular weight is 324 g/mol. The Hall–Kier alpha value is -2.47. The number of rotatable bonds is 2. The second-order valence-electron chi connectivity index (χ2n) is 5.72. The van der Waals surface area contributed by atoms with Gasteiger partial charge in [0.2, 0.25) is 5.91 Å². The monoisotopic (exact) mass is 324 g/mol. The number of aryl methyl sites for hydroxylation is 1. The van der Waals surface area contributed by atoms with Crippen LogP contribution in [0.1, 0.15) is 18.4 Å². The van der Waals surface area contributed by atoms with Crippen LogP contribution in [0.15, 0.2) is 30.3 Å². The van der Waals surface area contributed by atoms with Crippen molar-refractivity contribution in [3.8, 4) is 11.3 Å². The first kappa shape index (κ1) is 14.1. The molecule has 6 heteroatoms. The number of thiazole rings is 1. The molecule has 0 bridgehead atoms. The van der Waals surface area contributed by atoms with Gasteiger partial charge in [-0.1, -0.05) is 17.4 Å². The molecular formula is C17H16N4OS. The van der Waals surface area contributed by atoms with E-state index in [1.165, 1.54) is 11.3 Å². The van der Waals surface area contributed by atoms with E-state index < -0.39 is 0 Å². The molecule has 1 fully saturated rings. The lowest BCUT2D eigenvalue weighted by molar-refractivity contribution is -0.117. The predicted molar refractivity (Wildman–Crippen MR) is 93.6 cm³/mol. The molecule has 0 aliphatic carbocycles. The Balaban J connectivity index is 1.73. The van der Waals surface area contributed by atoms with Crippen LogP contribution < -0.4 is 10.6 Å². The summed E-state index contributed by atoms with van der Waals surface area (Å²) in [4.78, 5) is 23.5. The minimum atomic E-state index is 0.209. The lowest BCUT2D eigenvalue weighted by Crippen LogP contribution is -2.24. The van der Waals surface area contributed by atoms with Gasteiger partial charge in [0.25, 0.3) is 0 Å². The SMILES string of the molecule is Cc1cc(-c2ccc3nc(N)sc3n2)ccc1N1CCCC1=O. The van der Waals surface area contributed by atoms with Crippen LogP contribution in [0.5, 0.6) is 0 Å². The molecular weight excluding hydrogens is 308 g/mol. The highest BCUT2D eigenvalue weighted by molar-refractivity contribution is 7.21. The number of aromatic nitrogens is 2. The van der Waals surface area contributed by atoms with Crippen LogP contribution >= 0.6 is 11.3 Å². The molecule has 4 rings (SSSR count). The van der Waals surface area contributed by atoms with E-state index in [4.69, 9.17) is 5.73 Å². The fourth-order valence-corrected chi connectivity index (χ4v) is 3.72. The first-order valence-electron chi connectivity index (χ1n) is 7.56. The molecule has 0 radical (unpaired) electrons. The number of nitrogen functional groups attached to an aromatic ring is 1. The lowest BCUT2D eigenvalue weighted by Gasteiger charge is -2.19. The number of fused-ring (bicyclic) bond motifs is 1.